The van der Waals surface area contributed by atoms with Gasteiger partial charge in [0.1, 0.15) is 6.04 Å². The number of anilines is 1. The molecule has 2 aromatic carbocycles. The molecule has 0 heterocycles. The lowest BCUT2D eigenvalue weighted by molar-refractivity contribution is -0.907. The van der Waals surface area contributed by atoms with Crippen molar-refractivity contribution in [2.24, 2.45) is 17.2 Å². The monoisotopic (exact) mass is 625 g/mol. The Kier molecular flexibility index (Phi) is 12.6. The van der Waals surface area contributed by atoms with Crippen LogP contribution in [-0.4, -0.2) is 68.2 Å². The summed E-state index contributed by atoms with van der Waals surface area (Å²) in [5.41, 5.74) is 15.4. The maximum absolute atomic E-state index is 13.3. The van der Waals surface area contributed by atoms with Gasteiger partial charge in [0.25, 0.3) is 0 Å². The predicted octanol–water partition coefficient (Wildman–Crippen LogP) is 3.52. The summed E-state index contributed by atoms with van der Waals surface area (Å²) >= 11 is 5.64. The molecule has 0 bridgehead atoms. The van der Waals surface area contributed by atoms with Crippen LogP contribution in [0.1, 0.15) is 29.5 Å². The van der Waals surface area contributed by atoms with Gasteiger partial charge >= 0.3 is 12.4 Å². The molecule has 0 fully saturated rings. The van der Waals surface area contributed by atoms with Crippen LogP contribution in [0.4, 0.5) is 32.0 Å². The lowest BCUT2D eigenvalue weighted by Gasteiger charge is -2.34. The summed E-state index contributed by atoms with van der Waals surface area (Å²) in [5.74, 6) is -1.61. The number of nitrogens with one attached hydrogen (secondary N) is 2. The molecule has 0 aliphatic carbocycles. The van der Waals surface area contributed by atoms with Gasteiger partial charge in [-0.15, -0.1) is 0 Å². The molecule has 2 aromatic rings. The molecule has 0 saturated heterocycles. The van der Waals surface area contributed by atoms with E-state index in [2.05, 4.69) is 10.6 Å². The smallest absolute Gasteiger partial charge is 0.343 e. The van der Waals surface area contributed by atoms with Crippen LogP contribution < -0.4 is 27.8 Å². The maximum atomic E-state index is 13.3. The summed E-state index contributed by atoms with van der Waals surface area (Å²) in [4.78, 5) is 26.1. The highest BCUT2D eigenvalue weighted by Crippen LogP contribution is 2.36. The number of rotatable bonds is 14. The third-order valence-electron chi connectivity index (χ3n) is 6.78. The van der Waals surface area contributed by atoms with E-state index in [-0.39, 0.29) is 24.1 Å². The van der Waals surface area contributed by atoms with Crippen LogP contribution in [0.25, 0.3) is 0 Å². The first kappa shape index (κ1) is 35.3. The zero-order valence-corrected chi connectivity index (χ0v) is 23.8. The number of carbonyl (C=O) groups excluding carboxylic acids is 2. The zero-order valence-electron chi connectivity index (χ0n) is 23.0. The molecule has 0 unspecified atom stereocenters. The van der Waals surface area contributed by atoms with Gasteiger partial charge in [-0.2, -0.15) is 26.3 Å². The Balaban J connectivity index is 2.21. The fourth-order valence-electron chi connectivity index (χ4n) is 4.39. The fraction of sp³-hybridized carbons (Fsp3) is 0.481. The summed E-state index contributed by atoms with van der Waals surface area (Å²) in [5, 5.41) is 4.23. The minimum atomic E-state index is -4.79. The first-order valence-corrected chi connectivity index (χ1v) is 13.5. The first-order valence-electron chi connectivity index (χ1n) is 13.1. The number of hydrogen-bond donors (Lipinski definition) is 5. The predicted molar refractivity (Wildman–Crippen MR) is 148 cm³/mol. The van der Waals surface area contributed by atoms with Crippen LogP contribution >= 0.6 is 11.6 Å². The Hall–Kier alpha value is -2.91. The average Bonchev–Trinajstić information content (AvgIpc) is 2.88. The third-order valence-corrected chi connectivity index (χ3v) is 7.11. The van der Waals surface area contributed by atoms with Crippen LogP contribution in [0, 0.1) is 0 Å². The molecule has 234 valence electrons. The van der Waals surface area contributed by atoms with Crippen LogP contribution in [0.15, 0.2) is 42.5 Å². The molecule has 15 heteroatoms. The molecule has 0 aromatic heterocycles. The number of benzene rings is 2. The van der Waals surface area contributed by atoms with Crippen molar-refractivity contribution in [3.05, 3.63) is 64.2 Å². The standard InChI is InChI=1S/C27H35ClF6N6O2/c1-40(13-10-35,14-11-36)12-2-3-22(37)24(41)39-23(15-17-4-6-18(7-5-17)26(29,30)31)25(42)38-19-8-9-21(28)20(16-19)27(32,33)34/h4-9,16,22-23H,2-3,10-15,35-37H2,1H3,(H-,38,39,41,42)/p+1/t22-,23+/m0/s1. The molecule has 2 rings (SSSR count). The highest BCUT2D eigenvalue weighted by molar-refractivity contribution is 6.31. The van der Waals surface area contributed by atoms with Gasteiger partial charge in [0, 0.05) is 25.2 Å². The van der Waals surface area contributed by atoms with Crippen molar-refractivity contribution < 1.29 is 40.4 Å². The molecule has 8 nitrogen and oxygen atoms in total. The Morgan fingerprint density at radius 3 is 2.02 bits per heavy atom. The molecular weight excluding hydrogens is 590 g/mol. The van der Waals surface area contributed by atoms with E-state index >= 15 is 0 Å². The summed E-state index contributed by atoms with van der Waals surface area (Å²) < 4.78 is 79.4. The van der Waals surface area contributed by atoms with E-state index in [1.807, 2.05) is 7.05 Å². The summed E-state index contributed by atoms with van der Waals surface area (Å²) in [7, 11) is 1.98. The number of carbonyl (C=O) groups is 2. The third kappa shape index (κ3) is 10.7. The number of nitrogens with two attached hydrogens (primary N) is 3. The lowest BCUT2D eigenvalue weighted by Crippen LogP contribution is -2.52. The molecule has 8 N–H and O–H groups in total. The molecule has 0 spiro atoms. The number of alkyl halides is 6. The molecular formula is C27H36ClF6N6O2+. The second kappa shape index (κ2) is 15.0. The van der Waals surface area contributed by atoms with E-state index in [1.54, 1.807) is 0 Å². The highest BCUT2D eigenvalue weighted by Gasteiger charge is 2.34. The van der Waals surface area contributed by atoms with E-state index in [1.165, 1.54) is 0 Å². The van der Waals surface area contributed by atoms with Crippen molar-refractivity contribution in [2.75, 3.05) is 45.1 Å². The molecule has 0 saturated carbocycles. The Morgan fingerprint density at radius 1 is 0.905 bits per heavy atom. The lowest BCUT2D eigenvalue weighted by atomic mass is 10.0. The van der Waals surface area contributed by atoms with Crippen LogP contribution in [0.3, 0.4) is 0 Å². The van der Waals surface area contributed by atoms with Crippen LogP contribution in [-0.2, 0) is 28.4 Å². The molecule has 2 amide bonds. The SMILES string of the molecule is C[N+](CCN)(CCN)CCC[C@H](N)C(=O)N[C@H](Cc1ccc(C(F)(F)F)cc1)C(=O)Nc1ccc(Cl)c(C(F)(F)F)c1. The van der Waals surface area contributed by atoms with Crippen molar-refractivity contribution in [1.82, 2.24) is 5.32 Å². The maximum Gasteiger partial charge on any atom is 0.417 e. The molecule has 0 aliphatic heterocycles. The van der Waals surface area contributed by atoms with Gasteiger partial charge in [-0.25, -0.2) is 0 Å². The van der Waals surface area contributed by atoms with Crippen LogP contribution in [0.5, 0.6) is 0 Å². The van der Waals surface area contributed by atoms with Gasteiger partial charge in [-0.3, -0.25) is 9.59 Å². The zero-order chi connectivity index (χ0) is 31.7. The van der Waals surface area contributed by atoms with Crippen molar-refractivity contribution in [3.8, 4) is 0 Å². The molecule has 0 aliphatic rings. The largest absolute Gasteiger partial charge is 0.417 e. The average molecular weight is 626 g/mol. The van der Waals surface area contributed by atoms with Crippen molar-refractivity contribution in [3.63, 3.8) is 0 Å². The number of nitrogens with zero attached hydrogens (tertiary/aromatic N) is 1. The first-order chi connectivity index (χ1) is 19.5. The van der Waals surface area contributed by atoms with Crippen molar-refractivity contribution in [1.29, 1.82) is 0 Å². The van der Waals surface area contributed by atoms with Gasteiger partial charge in [-0.05, 0) is 48.7 Å². The van der Waals surface area contributed by atoms with Gasteiger partial charge in [0.15, 0.2) is 0 Å². The Morgan fingerprint density at radius 2 is 1.50 bits per heavy atom. The van der Waals surface area contributed by atoms with Crippen molar-refractivity contribution in [2.45, 2.75) is 43.7 Å². The second-order valence-corrected chi connectivity index (χ2v) is 10.7. The molecule has 2 atom stereocenters. The summed E-state index contributed by atoms with van der Waals surface area (Å²) in [6.07, 6.45) is -8.85. The van der Waals surface area contributed by atoms with E-state index in [0.717, 1.165) is 36.4 Å². The van der Waals surface area contributed by atoms with E-state index in [0.29, 0.717) is 49.7 Å². The van der Waals surface area contributed by atoms with E-state index in [4.69, 9.17) is 28.8 Å². The Bertz CT molecular complexity index is 1190. The number of hydrogen-bond acceptors (Lipinski definition) is 5. The van der Waals surface area contributed by atoms with Gasteiger partial charge in [0.2, 0.25) is 11.8 Å². The van der Waals surface area contributed by atoms with Gasteiger partial charge in [-0.1, -0.05) is 23.7 Å². The van der Waals surface area contributed by atoms with Gasteiger partial charge in [0.05, 0.1) is 48.9 Å². The number of halogens is 7. The molecule has 0 radical (unpaired) electrons. The topological polar surface area (TPSA) is 136 Å². The van der Waals surface area contributed by atoms with Gasteiger partial charge < -0.3 is 32.3 Å². The van der Waals surface area contributed by atoms with Crippen LogP contribution in [0.2, 0.25) is 5.02 Å². The second-order valence-electron chi connectivity index (χ2n) is 10.3. The van der Waals surface area contributed by atoms with Crippen molar-refractivity contribution >= 4 is 29.1 Å². The fourth-order valence-corrected chi connectivity index (χ4v) is 4.61. The number of amides is 2. The summed E-state index contributed by atoms with van der Waals surface area (Å²) in [6.45, 7) is 2.89. The quantitative estimate of drug-likeness (QED) is 0.162. The minimum absolute atomic E-state index is 0.246. The highest BCUT2D eigenvalue weighted by atomic mass is 35.5. The normalized spacial score (nSPS) is 13.9. The van der Waals surface area contributed by atoms with E-state index in [9.17, 15) is 35.9 Å². The molecule has 42 heavy (non-hydrogen) atoms. The van der Waals surface area contributed by atoms with E-state index < -0.39 is 52.4 Å². The minimum Gasteiger partial charge on any atom is -0.343 e. The number of likely N-dealkylation sites (N-methyl/N-ethyl adjacent to an activating group) is 1. The number of quaternary nitrogens is 1. The Labute approximate surface area is 245 Å². The summed E-state index contributed by atoms with van der Waals surface area (Å²) in [6, 6.07) is 4.28.